The van der Waals surface area contributed by atoms with Crippen LogP contribution in [0.2, 0.25) is 0 Å². The number of hydrogen-bond acceptors (Lipinski definition) is 7. The summed E-state index contributed by atoms with van der Waals surface area (Å²) in [6, 6.07) is 14.6. The van der Waals surface area contributed by atoms with E-state index in [2.05, 4.69) is 23.7 Å². The van der Waals surface area contributed by atoms with Crippen molar-refractivity contribution < 1.29 is 37.6 Å². The summed E-state index contributed by atoms with van der Waals surface area (Å²) >= 11 is 0. The molecule has 0 heterocycles. The number of anilines is 1. The number of phenolic OH excluding ortho intramolecular Hbond substituents is 1. The van der Waals surface area contributed by atoms with Gasteiger partial charge in [0, 0.05) is 12.1 Å². The summed E-state index contributed by atoms with van der Waals surface area (Å²) in [5.41, 5.74) is 2.81. The highest BCUT2D eigenvalue weighted by atomic mass is 31.2. The molecule has 194 valence electrons. The van der Waals surface area contributed by atoms with Crippen molar-refractivity contribution in [2.24, 2.45) is 0 Å². The van der Waals surface area contributed by atoms with E-state index < -0.39 is 13.9 Å². The lowest BCUT2D eigenvalue weighted by Crippen LogP contribution is -2.51. The van der Waals surface area contributed by atoms with Gasteiger partial charge in [-0.3, -0.25) is 9.88 Å². The lowest BCUT2D eigenvalue weighted by atomic mass is 10.0. The lowest BCUT2D eigenvalue weighted by molar-refractivity contribution is -0.925. The largest absolute Gasteiger partial charge is 0.756 e. The standard InChI is InChI=1S/C25H37N2O7P/c1-4-27(5-2,16-7-18-34-35(30,31)33-6-3)17-19-32-25(29)26-23-12-8-21(9-13-23)20-22-10-14-24(28)15-11-22/h8-15H,4-7,16-20H2,1-3H3,(H2-,26,28,29,30,31). The van der Waals surface area contributed by atoms with Crippen molar-refractivity contribution in [3.63, 3.8) is 0 Å². The first-order valence-electron chi connectivity index (χ1n) is 12.0. The predicted octanol–water partition coefficient (Wildman–Crippen LogP) is 4.30. The Hall–Kier alpha value is -2.42. The highest BCUT2D eigenvalue weighted by Crippen LogP contribution is 2.37. The van der Waals surface area contributed by atoms with Gasteiger partial charge in [0.2, 0.25) is 0 Å². The van der Waals surface area contributed by atoms with Gasteiger partial charge in [-0.15, -0.1) is 0 Å². The van der Waals surface area contributed by atoms with Gasteiger partial charge in [0.25, 0.3) is 7.82 Å². The van der Waals surface area contributed by atoms with Crippen LogP contribution in [0.15, 0.2) is 48.5 Å². The monoisotopic (exact) mass is 508 g/mol. The summed E-state index contributed by atoms with van der Waals surface area (Å²) in [6.45, 7) is 9.03. The number of likely N-dealkylation sites (N-methyl/N-ethyl adjacent to an activating group) is 1. The highest BCUT2D eigenvalue weighted by Gasteiger charge is 2.23. The van der Waals surface area contributed by atoms with E-state index in [4.69, 9.17) is 9.26 Å². The van der Waals surface area contributed by atoms with Crippen LogP contribution in [0.3, 0.4) is 0 Å². The van der Waals surface area contributed by atoms with E-state index in [9.17, 15) is 19.4 Å². The van der Waals surface area contributed by atoms with Crippen molar-refractivity contribution in [3.8, 4) is 5.75 Å². The van der Waals surface area contributed by atoms with Crippen LogP contribution >= 0.6 is 7.82 Å². The molecule has 0 aliphatic carbocycles. The van der Waals surface area contributed by atoms with Gasteiger partial charge in [0.05, 0.1) is 32.8 Å². The molecule has 0 aliphatic rings. The molecule has 35 heavy (non-hydrogen) atoms. The van der Waals surface area contributed by atoms with Crippen molar-refractivity contribution in [1.82, 2.24) is 0 Å². The number of amides is 1. The van der Waals surface area contributed by atoms with Crippen LogP contribution in [0, 0.1) is 0 Å². The van der Waals surface area contributed by atoms with E-state index in [1.165, 1.54) is 0 Å². The normalized spacial score (nSPS) is 13.3. The van der Waals surface area contributed by atoms with Gasteiger partial charge in [0.1, 0.15) is 18.9 Å². The van der Waals surface area contributed by atoms with Gasteiger partial charge in [-0.1, -0.05) is 24.3 Å². The molecular formula is C25H37N2O7P. The number of hydrogen-bond donors (Lipinski definition) is 2. The molecule has 2 aromatic rings. The van der Waals surface area contributed by atoms with E-state index in [1.807, 2.05) is 36.4 Å². The van der Waals surface area contributed by atoms with Crippen molar-refractivity contribution in [2.45, 2.75) is 33.6 Å². The molecule has 1 amide bonds. The Morgan fingerprint density at radius 3 is 2.11 bits per heavy atom. The molecule has 2 N–H and O–H groups in total. The van der Waals surface area contributed by atoms with Gasteiger partial charge in [-0.05, 0) is 62.6 Å². The molecule has 0 aromatic heterocycles. The smallest absolute Gasteiger partial charge is 0.411 e. The van der Waals surface area contributed by atoms with Gasteiger partial charge < -0.3 is 28.3 Å². The minimum absolute atomic E-state index is 0.0497. The van der Waals surface area contributed by atoms with Gasteiger partial charge in [-0.25, -0.2) is 4.79 Å². The molecule has 10 heteroatoms. The molecule has 0 radical (unpaired) electrons. The number of phenols is 1. The third-order valence-electron chi connectivity index (χ3n) is 6.00. The van der Waals surface area contributed by atoms with Crippen LogP contribution < -0.4 is 10.2 Å². The number of carbonyl (C=O) groups is 1. The van der Waals surface area contributed by atoms with Crippen LogP contribution in [0.4, 0.5) is 10.5 Å². The first-order chi connectivity index (χ1) is 16.7. The van der Waals surface area contributed by atoms with Crippen molar-refractivity contribution in [2.75, 3.05) is 51.3 Å². The topological polar surface area (TPSA) is 117 Å². The third-order valence-corrected chi connectivity index (χ3v) is 7.07. The Kier molecular flexibility index (Phi) is 11.7. The zero-order valence-corrected chi connectivity index (χ0v) is 21.7. The van der Waals surface area contributed by atoms with Gasteiger partial charge >= 0.3 is 6.09 Å². The van der Waals surface area contributed by atoms with Gasteiger partial charge in [-0.2, -0.15) is 0 Å². The Balaban J connectivity index is 1.76. The fraction of sp³-hybridized carbons (Fsp3) is 0.480. The molecule has 9 nitrogen and oxygen atoms in total. The maximum absolute atomic E-state index is 12.3. The summed E-state index contributed by atoms with van der Waals surface area (Å²) in [5, 5.41) is 12.1. The van der Waals surface area contributed by atoms with E-state index in [-0.39, 0.29) is 25.6 Å². The summed E-state index contributed by atoms with van der Waals surface area (Å²) in [4.78, 5) is 23.8. The van der Waals surface area contributed by atoms with Crippen molar-refractivity contribution in [3.05, 3.63) is 59.7 Å². The summed E-state index contributed by atoms with van der Waals surface area (Å²) < 4.78 is 27.1. The second kappa shape index (κ2) is 14.2. The number of phosphoric acid groups is 1. The number of phosphoric ester groups is 1. The van der Waals surface area contributed by atoms with Crippen LogP contribution in [0.1, 0.15) is 38.3 Å². The number of quaternary nitrogens is 1. The van der Waals surface area contributed by atoms with E-state index >= 15 is 0 Å². The molecule has 0 aliphatic heterocycles. The molecule has 0 bridgehead atoms. The minimum Gasteiger partial charge on any atom is -0.756 e. The predicted molar refractivity (Wildman–Crippen MR) is 133 cm³/mol. The summed E-state index contributed by atoms with van der Waals surface area (Å²) in [7, 11) is -4.23. The lowest BCUT2D eigenvalue weighted by Gasteiger charge is -2.37. The Morgan fingerprint density at radius 2 is 1.54 bits per heavy atom. The molecule has 0 fully saturated rings. The fourth-order valence-corrected chi connectivity index (χ4v) is 4.52. The molecule has 1 unspecified atom stereocenters. The number of nitrogens with one attached hydrogen (secondary N) is 1. The number of benzene rings is 2. The maximum Gasteiger partial charge on any atom is 0.411 e. The van der Waals surface area contributed by atoms with Crippen LogP contribution in [-0.4, -0.2) is 61.7 Å². The van der Waals surface area contributed by atoms with E-state index in [0.717, 1.165) is 30.6 Å². The molecule has 0 saturated heterocycles. The van der Waals surface area contributed by atoms with Crippen molar-refractivity contribution in [1.29, 1.82) is 0 Å². The minimum atomic E-state index is -4.23. The second-order valence-electron chi connectivity index (χ2n) is 8.27. The first kappa shape index (κ1) is 28.8. The maximum atomic E-state index is 12.3. The van der Waals surface area contributed by atoms with Crippen molar-refractivity contribution >= 4 is 19.6 Å². The Labute approximate surface area is 207 Å². The number of nitrogens with zero attached hydrogens (tertiary/aromatic N) is 1. The number of ether oxygens (including phenoxy) is 1. The van der Waals surface area contributed by atoms with Crippen LogP contribution in [0.5, 0.6) is 5.75 Å². The average Bonchev–Trinajstić information content (AvgIpc) is 2.83. The summed E-state index contributed by atoms with van der Waals surface area (Å²) in [5.74, 6) is 0.239. The Bertz CT molecular complexity index is 947. The van der Waals surface area contributed by atoms with Gasteiger partial charge in [0.15, 0.2) is 0 Å². The zero-order valence-electron chi connectivity index (χ0n) is 20.8. The third kappa shape index (κ3) is 10.4. The number of carbonyl (C=O) groups excluding carboxylic acids is 1. The van der Waals surface area contributed by atoms with E-state index in [1.54, 1.807) is 19.1 Å². The number of aromatic hydroxyl groups is 1. The SMILES string of the molecule is CCOP(=O)([O-])OCCC[N+](CC)(CC)CCOC(=O)Nc1ccc(Cc2ccc(O)cc2)cc1. The van der Waals surface area contributed by atoms with Crippen LogP contribution in [-0.2, 0) is 24.8 Å². The molecule has 1 atom stereocenters. The first-order valence-corrected chi connectivity index (χ1v) is 13.4. The molecule has 0 spiro atoms. The molecule has 0 saturated carbocycles. The molecule has 2 aromatic carbocycles. The van der Waals surface area contributed by atoms with E-state index in [0.29, 0.717) is 29.7 Å². The fourth-order valence-electron chi connectivity index (χ4n) is 3.78. The molecular weight excluding hydrogens is 471 g/mol. The quantitative estimate of drug-likeness (QED) is 0.209. The van der Waals surface area contributed by atoms with Crippen LogP contribution in [0.25, 0.3) is 0 Å². The summed E-state index contributed by atoms with van der Waals surface area (Å²) in [6.07, 6.45) is 0.750. The number of rotatable bonds is 15. The Morgan fingerprint density at radius 1 is 0.943 bits per heavy atom. The highest BCUT2D eigenvalue weighted by molar-refractivity contribution is 7.45. The average molecular weight is 509 g/mol. The zero-order chi connectivity index (χ0) is 25.7. The molecule has 2 rings (SSSR count). The second-order valence-corrected chi connectivity index (χ2v) is 9.68.